The van der Waals surface area contributed by atoms with Gasteiger partial charge >= 0.3 is 5.97 Å². The molecule has 0 aliphatic heterocycles. The summed E-state index contributed by atoms with van der Waals surface area (Å²) in [6.07, 6.45) is 0.558. The Morgan fingerprint density at radius 1 is 1.08 bits per heavy atom. The molecule has 2 aromatic carbocycles. The number of carbonyl (C=O) groups is 1. The molecule has 5 heteroatoms. The third-order valence-electron chi connectivity index (χ3n) is 3.73. The predicted octanol–water partition coefficient (Wildman–Crippen LogP) is 4.27. The molecule has 3 rings (SSSR count). The number of nitrogens with zero attached hydrogens (tertiary/aromatic N) is 1. The molecule has 0 amide bonds. The van der Waals surface area contributed by atoms with E-state index in [0.29, 0.717) is 11.4 Å². The second kappa shape index (κ2) is 6.72. The van der Waals surface area contributed by atoms with E-state index in [1.54, 1.807) is 18.2 Å². The normalized spacial score (nSPS) is 10.5. The second-order valence-electron chi connectivity index (χ2n) is 5.39. The number of anilines is 1. The summed E-state index contributed by atoms with van der Waals surface area (Å²) in [6, 6.07) is 18.6. The number of hydrogen-bond donors (Lipinski definition) is 2. The van der Waals surface area contributed by atoms with E-state index in [9.17, 15) is 9.90 Å². The Morgan fingerprint density at radius 2 is 1.75 bits per heavy atom. The van der Waals surface area contributed by atoms with Gasteiger partial charge in [-0.1, -0.05) is 54.1 Å². The predicted molar refractivity (Wildman–Crippen MR) is 95.3 cm³/mol. The lowest BCUT2D eigenvalue weighted by atomic mass is 9.97. The van der Waals surface area contributed by atoms with Gasteiger partial charge in [-0.2, -0.15) is 0 Å². The van der Waals surface area contributed by atoms with E-state index >= 15 is 0 Å². The Kier molecular flexibility index (Phi) is 4.49. The first-order chi connectivity index (χ1) is 11.5. The molecule has 0 radical (unpaired) electrons. The Bertz CT molecular complexity index is 878. The van der Waals surface area contributed by atoms with Gasteiger partial charge in [0.25, 0.3) is 0 Å². The van der Waals surface area contributed by atoms with Crippen molar-refractivity contribution in [3.05, 3.63) is 82.5 Å². The molecule has 1 heterocycles. The highest BCUT2D eigenvalue weighted by atomic mass is 35.5. The van der Waals surface area contributed by atoms with Crippen molar-refractivity contribution >= 4 is 23.4 Å². The van der Waals surface area contributed by atoms with E-state index in [0.717, 1.165) is 22.4 Å². The minimum absolute atomic E-state index is 0.00300. The average molecular weight is 339 g/mol. The van der Waals surface area contributed by atoms with Crippen LogP contribution in [0.2, 0.25) is 5.02 Å². The van der Waals surface area contributed by atoms with Gasteiger partial charge in [0, 0.05) is 17.0 Å². The number of halogens is 1. The molecule has 1 aromatic heterocycles. The van der Waals surface area contributed by atoms with E-state index in [1.165, 1.54) is 0 Å². The van der Waals surface area contributed by atoms with Crippen molar-refractivity contribution in [1.82, 2.24) is 4.98 Å². The molecule has 0 bridgehead atoms. The summed E-state index contributed by atoms with van der Waals surface area (Å²) in [7, 11) is 0. The first-order valence-corrected chi connectivity index (χ1v) is 7.75. The van der Waals surface area contributed by atoms with E-state index in [1.807, 2.05) is 42.5 Å². The van der Waals surface area contributed by atoms with Gasteiger partial charge in [-0.05, 0) is 29.3 Å². The summed E-state index contributed by atoms with van der Waals surface area (Å²) in [5, 5.41) is 9.94. The minimum atomic E-state index is -1.10. The second-order valence-corrected chi connectivity index (χ2v) is 5.83. The summed E-state index contributed by atoms with van der Waals surface area (Å²) in [4.78, 5) is 15.7. The van der Waals surface area contributed by atoms with Crippen LogP contribution >= 0.6 is 11.6 Å². The lowest BCUT2D eigenvalue weighted by molar-refractivity contribution is 0.0697. The molecule has 4 nitrogen and oxygen atoms in total. The van der Waals surface area contributed by atoms with Gasteiger partial charge in [-0.15, -0.1) is 0 Å². The van der Waals surface area contributed by atoms with Crippen LogP contribution in [0, 0.1) is 0 Å². The standard InChI is InChI=1S/C19H15ClN2O2/c20-14-8-6-13(7-9-14)15-11-16(19(23)24)18(21)22-17(15)10-12-4-2-1-3-5-12/h1-9,11H,10H2,(H2,21,22)(H,23,24). The number of pyridine rings is 1. The maximum Gasteiger partial charge on any atom is 0.339 e. The first kappa shape index (κ1) is 16.0. The monoisotopic (exact) mass is 338 g/mol. The molecule has 3 N–H and O–H groups in total. The van der Waals surface area contributed by atoms with E-state index in [-0.39, 0.29) is 11.4 Å². The van der Waals surface area contributed by atoms with Crippen LogP contribution in [-0.2, 0) is 6.42 Å². The Morgan fingerprint density at radius 3 is 2.38 bits per heavy atom. The number of rotatable bonds is 4. The minimum Gasteiger partial charge on any atom is -0.478 e. The maximum absolute atomic E-state index is 11.4. The van der Waals surface area contributed by atoms with Crippen LogP contribution in [-0.4, -0.2) is 16.1 Å². The van der Waals surface area contributed by atoms with Gasteiger partial charge in [-0.25, -0.2) is 9.78 Å². The Balaban J connectivity index is 2.14. The number of aromatic nitrogens is 1. The third kappa shape index (κ3) is 3.39. The van der Waals surface area contributed by atoms with Crippen molar-refractivity contribution in [1.29, 1.82) is 0 Å². The largest absolute Gasteiger partial charge is 0.478 e. The molecule has 0 aliphatic rings. The fourth-order valence-corrected chi connectivity index (χ4v) is 2.67. The molecule has 0 saturated carbocycles. The van der Waals surface area contributed by atoms with Crippen LogP contribution in [0.15, 0.2) is 60.7 Å². The van der Waals surface area contributed by atoms with Gasteiger partial charge in [0.2, 0.25) is 0 Å². The number of nitrogens with two attached hydrogens (primary N) is 1. The van der Waals surface area contributed by atoms with Crippen LogP contribution in [0.25, 0.3) is 11.1 Å². The Labute approximate surface area is 144 Å². The van der Waals surface area contributed by atoms with Crippen molar-refractivity contribution in [3.63, 3.8) is 0 Å². The van der Waals surface area contributed by atoms with E-state index in [4.69, 9.17) is 17.3 Å². The summed E-state index contributed by atoms with van der Waals surface area (Å²) >= 11 is 5.95. The van der Waals surface area contributed by atoms with Gasteiger partial charge < -0.3 is 10.8 Å². The fourth-order valence-electron chi connectivity index (χ4n) is 2.54. The van der Waals surface area contributed by atoms with E-state index < -0.39 is 5.97 Å². The van der Waals surface area contributed by atoms with Crippen LogP contribution < -0.4 is 5.73 Å². The lowest BCUT2D eigenvalue weighted by Crippen LogP contribution is -2.08. The molecule has 0 fully saturated rings. The zero-order valence-electron chi connectivity index (χ0n) is 12.7. The van der Waals surface area contributed by atoms with Crippen molar-refractivity contribution in [2.75, 3.05) is 5.73 Å². The number of benzene rings is 2. The van der Waals surface area contributed by atoms with E-state index in [2.05, 4.69) is 4.98 Å². The van der Waals surface area contributed by atoms with Crippen molar-refractivity contribution in [2.45, 2.75) is 6.42 Å². The molecule has 0 aliphatic carbocycles. The molecule has 0 atom stereocenters. The number of nitrogen functional groups attached to an aromatic ring is 1. The van der Waals surface area contributed by atoms with Crippen molar-refractivity contribution in [2.24, 2.45) is 0 Å². The number of carboxylic acids is 1. The van der Waals surface area contributed by atoms with Crippen LogP contribution in [0.5, 0.6) is 0 Å². The van der Waals surface area contributed by atoms with Crippen molar-refractivity contribution < 1.29 is 9.90 Å². The zero-order chi connectivity index (χ0) is 17.1. The summed E-state index contributed by atoms with van der Waals surface area (Å²) < 4.78 is 0. The summed E-state index contributed by atoms with van der Waals surface area (Å²) in [5.74, 6) is -1.08. The summed E-state index contributed by atoms with van der Waals surface area (Å²) in [6.45, 7) is 0. The number of carboxylic acid groups (broad SMARTS) is 1. The third-order valence-corrected chi connectivity index (χ3v) is 3.98. The molecule has 0 saturated heterocycles. The molecule has 3 aromatic rings. The molecular formula is C19H15ClN2O2. The molecule has 24 heavy (non-hydrogen) atoms. The van der Waals surface area contributed by atoms with Crippen LogP contribution in [0.1, 0.15) is 21.6 Å². The van der Waals surface area contributed by atoms with Gasteiger partial charge in [0.05, 0.1) is 5.69 Å². The average Bonchev–Trinajstić information content (AvgIpc) is 2.57. The first-order valence-electron chi connectivity index (χ1n) is 7.37. The molecule has 0 spiro atoms. The highest BCUT2D eigenvalue weighted by molar-refractivity contribution is 6.30. The van der Waals surface area contributed by atoms with Gasteiger partial charge in [0.15, 0.2) is 0 Å². The van der Waals surface area contributed by atoms with Crippen LogP contribution in [0.4, 0.5) is 5.82 Å². The SMILES string of the molecule is Nc1nc(Cc2ccccc2)c(-c2ccc(Cl)cc2)cc1C(=O)O. The quantitative estimate of drug-likeness (QED) is 0.744. The molecular weight excluding hydrogens is 324 g/mol. The molecule has 0 unspecified atom stereocenters. The highest BCUT2D eigenvalue weighted by Crippen LogP contribution is 2.29. The fraction of sp³-hybridized carbons (Fsp3) is 0.0526. The topological polar surface area (TPSA) is 76.2 Å². The van der Waals surface area contributed by atoms with Crippen molar-refractivity contribution in [3.8, 4) is 11.1 Å². The number of aromatic carboxylic acids is 1. The smallest absolute Gasteiger partial charge is 0.339 e. The number of hydrogen-bond acceptors (Lipinski definition) is 3. The summed E-state index contributed by atoms with van der Waals surface area (Å²) in [5.41, 5.74) is 9.22. The highest BCUT2D eigenvalue weighted by Gasteiger charge is 2.16. The van der Waals surface area contributed by atoms with Gasteiger partial charge in [0.1, 0.15) is 11.4 Å². The Hall–Kier alpha value is -2.85. The molecule has 120 valence electrons. The maximum atomic E-state index is 11.4. The zero-order valence-corrected chi connectivity index (χ0v) is 13.5. The van der Waals surface area contributed by atoms with Crippen LogP contribution in [0.3, 0.4) is 0 Å². The van der Waals surface area contributed by atoms with Gasteiger partial charge in [-0.3, -0.25) is 0 Å². The lowest BCUT2D eigenvalue weighted by Gasteiger charge is -2.12.